The fourth-order valence-corrected chi connectivity index (χ4v) is 3.84. The third-order valence-corrected chi connectivity index (χ3v) is 5.53. The SMILES string of the molecule is O=C(O)CCCCCCN1C(=O)CC[C@@H]1C=C[C@H](O)CCCCc1ccccc1. The first-order valence-corrected chi connectivity index (χ1v) is 11.0. The number of carboxylic acid groups (broad SMARTS) is 1. The van der Waals surface area contributed by atoms with Gasteiger partial charge in [-0.2, -0.15) is 0 Å². The number of carbonyl (C=O) groups excluding carboxylic acids is 1. The summed E-state index contributed by atoms with van der Waals surface area (Å²) in [7, 11) is 0. The summed E-state index contributed by atoms with van der Waals surface area (Å²) in [4.78, 5) is 24.6. The van der Waals surface area contributed by atoms with E-state index in [1.54, 1.807) is 0 Å². The first kappa shape index (κ1) is 23.1. The molecule has 0 saturated carbocycles. The van der Waals surface area contributed by atoms with Crippen molar-refractivity contribution in [3.63, 3.8) is 0 Å². The average Bonchev–Trinajstić information content (AvgIpc) is 3.06. The number of aliphatic hydroxyl groups excluding tert-OH is 1. The van der Waals surface area contributed by atoms with Gasteiger partial charge in [0.25, 0.3) is 0 Å². The van der Waals surface area contributed by atoms with E-state index in [0.717, 1.165) is 51.4 Å². The maximum absolute atomic E-state index is 12.1. The van der Waals surface area contributed by atoms with E-state index in [9.17, 15) is 14.7 Å². The molecule has 1 saturated heterocycles. The van der Waals surface area contributed by atoms with Gasteiger partial charge in [-0.05, 0) is 44.1 Å². The fraction of sp³-hybridized carbons (Fsp3) is 0.583. The Kier molecular flexibility index (Phi) is 10.5. The van der Waals surface area contributed by atoms with E-state index in [1.165, 1.54) is 5.56 Å². The van der Waals surface area contributed by atoms with Gasteiger partial charge in [-0.25, -0.2) is 0 Å². The Balaban J connectivity index is 1.63. The van der Waals surface area contributed by atoms with Crippen LogP contribution in [-0.4, -0.2) is 45.7 Å². The minimum absolute atomic E-state index is 0.0838. The van der Waals surface area contributed by atoms with Crippen LogP contribution in [0.3, 0.4) is 0 Å². The third-order valence-electron chi connectivity index (χ3n) is 5.53. The average molecular weight is 402 g/mol. The van der Waals surface area contributed by atoms with Gasteiger partial charge in [-0.3, -0.25) is 9.59 Å². The first-order valence-electron chi connectivity index (χ1n) is 11.0. The number of carboxylic acids is 1. The quantitative estimate of drug-likeness (QED) is 0.359. The Hall–Kier alpha value is -2.14. The van der Waals surface area contributed by atoms with Crippen LogP contribution in [0.1, 0.15) is 69.8 Å². The zero-order valence-corrected chi connectivity index (χ0v) is 17.3. The molecule has 2 atom stereocenters. The second-order valence-corrected chi connectivity index (χ2v) is 7.93. The molecule has 2 N–H and O–H groups in total. The second-order valence-electron chi connectivity index (χ2n) is 7.93. The molecule has 0 aliphatic carbocycles. The fourth-order valence-electron chi connectivity index (χ4n) is 3.84. The van der Waals surface area contributed by atoms with Crippen molar-refractivity contribution in [2.75, 3.05) is 6.54 Å². The molecule has 1 aliphatic rings. The molecule has 160 valence electrons. The lowest BCUT2D eigenvalue weighted by molar-refractivity contribution is -0.137. The van der Waals surface area contributed by atoms with Crippen LogP contribution in [0.25, 0.3) is 0 Å². The Labute approximate surface area is 174 Å². The number of unbranched alkanes of at least 4 members (excludes halogenated alkanes) is 4. The zero-order chi connectivity index (χ0) is 20.9. The molecule has 5 nitrogen and oxygen atoms in total. The standard InChI is InChI=1S/C24H35NO4/c26-22(13-8-7-12-20-10-4-3-5-11-20)17-15-21-16-18-23(27)25(21)19-9-2-1-6-14-24(28)29/h3-5,10-11,15,17,21-22,26H,1-2,6-9,12-14,16,18-19H2,(H,28,29)/t21-,22+/m0/s1. The minimum Gasteiger partial charge on any atom is -0.481 e. The first-order chi connectivity index (χ1) is 14.1. The van der Waals surface area contributed by atoms with Crippen molar-refractivity contribution in [3.8, 4) is 0 Å². The largest absolute Gasteiger partial charge is 0.481 e. The van der Waals surface area contributed by atoms with Gasteiger partial charge in [0.2, 0.25) is 5.91 Å². The Morgan fingerprint density at radius 2 is 1.86 bits per heavy atom. The van der Waals surface area contributed by atoms with E-state index >= 15 is 0 Å². The van der Waals surface area contributed by atoms with Crippen LogP contribution in [0.5, 0.6) is 0 Å². The number of likely N-dealkylation sites (tertiary alicyclic amines) is 1. The van der Waals surface area contributed by atoms with Crippen molar-refractivity contribution < 1.29 is 19.8 Å². The zero-order valence-electron chi connectivity index (χ0n) is 17.3. The molecule has 1 aromatic rings. The summed E-state index contributed by atoms with van der Waals surface area (Å²) in [5.41, 5.74) is 1.33. The third kappa shape index (κ3) is 9.27. The molecule has 5 heteroatoms. The van der Waals surface area contributed by atoms with Gasteiger partial charge in [-0.1, -0.05) is 61.7 Å². The van der Waals surface area contributed by atoms with Crippen molar-refractivity contribution in [1.29, 1.82) is 0 Å². The topological polar surface area (TPSA) is 77.8 Å². The van der Waals surface area contributed by atoms with E-state index in [-0.39, 0.29) is 18.4 Å². The highest BCUT2D eigenvalue weighted by atomic mass is 16.4. The van der Waals surface area contributed by atoms with Gasteiger partial charge < -0.3 is 15.1 Å². The number of hydrogen-bond acceptors (Lipinski definition) is 3. The number of nitrogens with zero attached hydrogens (tertiary/aromatic N) is 1. The summed E-state index contributed by atoms with van der Waals surface area (Å²) in [5, 5.41) is 18.9. The number of aliphatic carboxylic acids is 1. The molecule has 29 heavy (non-hydrogen) atoms. The van der Waals surface area contributed by atoms with Crippen LogP contribution in [0, 0.1) is 0 Å². The smallest absolute Gasteiger partial charge is 0.303 e. The second kappa shape index (κ2) is 13.2. The van der Waals surface area contributed by atoms with E-state index in [2.05, 4.69) is 24.3 Å². The monoisotopic (exact) mass is 401 g/mol. The predicted octanol–water partition coefficient (Wildman–Crippen LogP) is 4.34. The normalized spacial score (nSPS) is 17.9. The Morgan fingerprint density at radius 1 is 1.10 bits per heavy atom. The number of benzene rings is 1. The highest BCUT2D eigenvalue weighted by Crippen LogP contribution is 2.21. The lowest BCUT2D eigenvalue weighted by Crippen LogP contribution is -2.32. The summed E-state index contributed by atoms with van der Waals surface area (Å²) >= 11 is 0. The van der Waals surface area contributed by atoms with Crippen LogP contribution in [0.15, 0.2) is 42.5 Å². The van der Waals surface area contributed by atoms with E-state index < -0.39 is 12.1 Å². The Bertz CT molecular complexity index is 644. The maximum Gasteiger partial charge on any atom is 0.303 e. The lowest BCUT2D eigenvalue weighted by atomic mass is 10.0. The number of aliphatic hydroxyl groups is 1. The van der Waals surface area contributed by atoms with Crippen LogP contribution < -0.4 is 0 Å². The van der Waals surface area contributed by atoms with Gasteiger partial charge >= 0.3 is 5.97 Å². The number of rotatable bonds is 14. The van der Waals surface area contributed by atoms with Crippen molar-refractivity contribution in [2.45, 2.75) is 82.8 Å². The molecule has 1 amide bonds. The van der Waals surface area contributed by atoms with Crippen molar-refractivity contribution in [3.05, 3.63) is 48.0 Å². The highest BCUT2D eigenvalue weighted by molar-refractivity contribution is 5.79. The molecule has 1 heterocycles. The van der Waals surface area contributed by atoms with Gasteiger partial charge in [0.15, 0.2) is 0 Å². The molecular formula is C24H35NO4. The van der Waals surface area contributed by atoms with Gasteiger partial charge in [-0.15, -0.1) is 0 Å². The van der Waals surface area contributed by atoms with E-state index in [4.69, 9.17) is 5.11 Å². The molecule has 1 aliphatic heterocycles. The summed E-state index contributed by atoms with van der Waals surface area (Å²) in [6, 6.07) is 10.5. The number of aryl methyl sites for hydroxylation is 1. The molecule has 0 bridgehead atoms. The van der Waals surface area contributed by atoms with E-state index in [0.29, 0.717) is 19.4 Å². The molecule has 0 radical (unpaired) electrons. The van der Waals surface area contributed by atoms with E-state index in [1.807, 2.05) is 23.1 Å². The van der Waals surface area contributed by atoms with Crippen LogP contribution in [0.4, 0.5) is 0 Å². The molecule has 0 spiro atoms. The van der Waals surface area contributed by atoms with Crippen molar-refractivity contribution >= 4 is 11.9 Å². The highest BCUT2D eigenvalue weighted by Gasteiger charge is 2.28. The molecule has 0 aromatic heterocycles. The number of amides is 1. The maximum atomic E-state index is 12.1. The molecule has 2 rings (SSSR count). The lowest BCUT2D eigenvalue weighted by Gasteiger charge is -2.22. The number of hydrogen-bond donors (Lipinski definition) is 2. The van der Waals surface area contributed by atoms with Crippen LogP contribution in [0.2, 0.25) is 0 Å². The molecular weight excluding hydrogens is 366 g/mol. The predicted molar refractivity (Wildman–Crippen MR) is 115 cm³/mol. The molecule has 1 fully saturated rings. The Morgan fingerprint density at radius 3 is 2.62 bits per heavy atom. The summed E-state index contributed by atoms with van der Waals surface area (Å²) in [6.45, 7) is 0.716. The molecule has 1 aromatic carbocycles. The summed E-state index contributed by atoms with van der Waals surface area (Å²) in [6.07, 6.45) is 12.2. The summed E-state index contributed by atoms with van der Waals surface area (Å²) < 4.78 is 0. The van der Waals surface area contributed by atoms with Crippen molar-refractivity contribution in [1.82, 2.24) is 4.90 Å². The van der Waals surface area contributed by atoms with Gasteiger partial charge in [0.1, 0.15) is 0 Å². The number of carbonyl (C=O) groups is 2. The molecule has 0 unspecified atom stereocenters. The van der Waals surface area contributed by atoms with Gasteiger partial charge in [0, 0.05) is 19.4 Å². The minimum atomic E-state index is -0.747. The van der Waals surface area contributed by atoms with Crippen LogP contribution >= 0.6 is 0 Å². The van der Waals surface area contributed by atoms with Crippen LogP contribution in [-0.2, 0) is 16.0 Å². The van der Waals surface area contributed by atoms with Gasteiger partial charge in [0.05, 0.1) is 12.1 Å². The van der Waals surface area contributed by atoms with Crippen molar-refractivity contribution in [2.24, 2.45) is 0 Å². The summed E-state index contributed by atoms with van der Waals surface area (Å²) in [5.74, 6) is -0.564.